The van der Waals surface area contributed by atoms with E-state index in [4.69, 9.17) is 4.74 Å². The predicted molar refractivity (Wildman–Crippen MR) is 101 cm³/mol. The number of ether oxygens (including phenoxy) is 1. The average Bonchev–Trinajstić information content (AvgIpc) is 3.14. The van der Waals surface area contributed by atoms with Gasteiger partial charge in [-0.2, -0.15) is 0 Å². The fourth-order valence-corrected chi connectivity index (χ4v) is 3.08. The van der Waals surface area contributed by atoms with Crippen LogP contribution in [0.1, 0.15) is 17.8 Å². The molecule has 0 unspecified atom stereocenters. The van der Waals surface area contributed by atoms with E-state index in [-0.39, 0.29) is 5.91 Å². The zero-order valence-electron chi connectivity index (χ0n) is 13.9. The van der Waals surface area contributed by atoms with Crippen LogP contribution in [-0.4, -0.2) is 17.5 Å². The molecule has 0 aliphatic rings. The first-order chi connectivity index (χ1) is 12.3. The molecule has 128 valence electrons. The summed E-state index contributed by atoms with van der Waals surface area (Å²) in [7, 11) is 0. The number of para-hydroxylation sites is 1. The molecule has 5 heteroatoms. The monoisotopic (exact) mass is 352 g/mol. The van der Waals surface area contributed by atoms with Gasteiger partial charge in [0.2, 0.25) is 5.91 Å². The Bertz CT molecular complexity index is 788. The summed E-state index contributed by atoms with van der Waals surface area (Å²) in [6.07, 6.45) is 1.14. The molecule has 0 bridgehead atoms. The summed E-state index contributed by atoms with van der Waals surface area (Å²) in [6.45, 7) is 1.00. The molecule has 0 saturated carbocycles. The average molecular weight is 352 g/mol. The van der Waals surface area contributed by atoms with Gasteiger partial charge >= 0.3 is 0 Å². The third-order valence-electron chi connectivity index (χ3n) is 3.62. The first-order valence-corrected chi connectivity index (χ1v) is 9.13. The fraction of sp³-hybridized carbons (Fsp3) is 0.200. The van der Waals surface area contributed by atoms with Gasteiger partial charge in [0.15, 0.2) is 0 Å². The van der Waals surface area contributed by atoms with Crippen molar-refractivity contribution in [1.29, 1.82) is 0 Å². The highest BCUT2D eigenvalue weighted by molar-refractivity contribution is 7.09. The summed E-state index contributed by atoms with van der Waals surface area (Å²) in [6, 6.07) is 19.7. The van der Waals surface area contributed by atoms with Crippen molar-refractivity contribution < 1.29 is 9.53 Å². The Kier molecular flexibility index (Phi) is 6.17. The molecule has 3 aromatic rings. The van der Waals surface area contributed by atoms with Crippen LogP contribution in [0.15, 0.2) is 66.0 Å². The molecule has 1 amide bonds. The van der Waals surface area contributed by atoms with Gasteiger partial charge in [0.25, 0.3) is 0 Å². The summed E-state index contributed by atoms with van der Waals surface area (Å²) < 4.78 is 5.58. The molecule has 1 N–H and O–H groups in total. The first kappa shape index (κ1) is 17.2. The number of carbonyl (C=O) groups is 1. The molecule has 2 aromatic carbocycles. The maximum Gasteiger partial charge on any atom is 0.220 e. The Morgan fingerprint density at radius 2 is 1.76 bits per heavy atom. The quantitative estimate of drug-likeness (QED) is 0.616. The van der Waals surface area contributed by atoms with Crippen LogP contribution in [0, 0.1) is 0 Å². The molecule has 25 heavy (non-hydrogen) atoms. The number of carbonyl (C=O) groups excluding carboxylic acids is 1. The van der Waals surface area contributed by atoms with Gasteiger partial charge in [0, 0.05) is 17.4 Å². The zero-order chi connectivity index (χ0) is 17.3. The summed E-state index contributed by atoms with van der Waals surface area (Å²) in [5, 5.41) is 5.84. The van der Waals surface area contributed by atoms with E-state index < -0.39 is 0 Å². The van der Waals surface area contributed by atoms with Crippen molar-refractivity contribution >= 4 is 17.2 Å². The molecule has 0 aliphatic heterocycles. The minimum atomic E-state index is 0.0214. The number of hydrogen-bond acceptors (Lipinski definition) is 4. The van der Waals surface area contributed by atoms with E-state index >= 15 is 0 Å². The van der Waals surface area contributed by atoms with Crippen LogP contribution in [0.25, 0.3) is 11.3 Å². The lowest BCUT2D eigenvalue weighted by atomic mass is 10.2. The molecule has 1 aromatic heterocycles. The maximum atomic E-state index is 11.9. The Hall–Kier alpha value is -2.66. The van der Waals surface area contributed by atoms with Crippen molar-refractivity contribution in [2.24, 2.45) is 0 Å². The zero-order valence-corrected chi connectivity index (χ0v) is 14.7. The maximum absolute atomic E-state index is 11.9. The lowest BCUT2D eigenvalue weighted by Crippen LogP contribution is -2.22. The van der Waals surface area contributed by atoms with Crippen molar-refractivity contribution in [3.63, 3.8) is 0 Å². The number of nitrogens with zero attached hydrogens (tertiary/aromatic N) is 1. The molecule has 1 heterocycles. The van der Waals surface area contributed by atoms with Crippen LogP contribution in [-0.2, 0) is 11.3 Å². The smallest absolute Gasteiger partial charge is 0.220 e. The van der Waals surface area contributed by atoms with Crippen LogP contribution in [0.3, 0.4) is 0 Å². The van der Waals surface area contributed by atoms with E-state index in [1.807, 2.05) is 66.0 Å². The third kappa shape index (κ3) is 5.43. The van der Waals surface area contributed by atoms with E-state index in [1.165, 1.54) is 0 Å². The van der Waals surface area contributed by atoms with Crippen molar-refractivity contribution in [3.05, 3.63) is 71.1 Å². The highest BCUT2D eigenvalue weighted by Crippen LogP contribution is 2.21. The van der Waals surface area contributed by atoms with E-state index in [0.29, 0.717) is 26.0 Å². The molecule has 4 nitrogen and oxygen atoms in total. The van der Waals surface area contributed by atoms with Gasteiger partial charge in [0.1, 0.15) is 10.8 Å². The number of aromatic nitrogens is 1. The second kappa shape index (κ2) is 8.99. The summed E-state index contributed by atoms with van der Waals surface area (Å²) in [5.74, 6) is 0.854. The lowest BCUT2D eigenvalue weighted by Gasteiger charge is -2.06. The van der Waals surface area contributed by atoms with E-state index in [0.717, 1.165) is 22.0 Å². The van der Waals surface area contributed by atoms with Gasteiger partial charge in [-0.25, -0.2) is 4.98 Å². The van der Waals surface area contributed by atoms with Gasteiger partial charge in [-0.15, -0.1) is 11.3 Å². The topological polar surface area (TPSA) is 51.2 Å². The Morgan fingerprint density at radius 3 is 2.52 bits per heavy atom. The van der Waals surface area contributed by atoms with Gasteiger partial charge in [0.05, 0.1) is 18.8 Å². The highest BCUT2D eigenvalue weighted by Gasteiger charge is 2.06. The predicted octanol–water partition coefficient (Wildman–Crippen LogP) is 4.29. The van der Waals surface area contributed by atoms with Crippen LogP contribution in [0.5, 0.6) is 5.75 Å². The molecular formula is C20H20N2O2S. The first-order valence-electron chi connectivity index (χ1n) is 8.25. The Labute approximate surface area is 151 Å². The molecule has 0 aliphatic carbocycles. The Morgan fingerprint density at radius 1 is 1.04 bits per heavy atom. The van der Waals surface area contributed by atoms with Crippen LogP contribution >= 0.6 is 11.3 Å². The highest BCUT2D eigenvalue weighted by atomic mass is 32.1. The molecule has 0 spiro atoms. The number of benzene rings is 2. The van der Waals surface area contributed by atoms with E-state index in [9.17, 15) is 4.79 Å². The molecule has 0 radical (unpaired) electrons. The van der Waals surface area contributed by atoms with Crippen LogP contribution in [0.2, 0.25) is 0 Å². The van der Waals surface area contributed by atoms with Crippen molar-refractivity contribution in [2.45, 2.75) is 19.4 Å². The Balaban J connectivity index is 1.37. The standard InChI is InChI=1S/C20H20N2O2S/c23-19(12-7-13-24-17-10-5-2-6-11-17)21-14-20-22-18(15-25-20)16-8-3-1-4-9-16/h1-6,8-11,15H,7,12-14H2,(H,21,23). The van der Waals surface area contributed by atoms with Gasteiger partial charge < -0.3 is 10.1 Å². The molecule has 0 fully saturated rings. The number of amides is 1. The largest absolute Gasteiger partial charge is 0.494 e. The third-order valence-corrected chi connectivity index (χ3v) is 4.47. The van der Waals surface area contributed by atoms with Crippen molar-refractivity contribution in [1.82, 2.24) is 10.3 Å². The van der Waals surface area contributed by atoms with Crippen molar-refractivity contribution in [3.8, 4) is 17.0 Å². The van der Waals surface area contributed by atoms with Crippen LogP contribution < -0.4 is 10.1 Å². The molecule has 3 rings (SSSR count). The van der Waals surface area contributed by atoms with Gasteiger partial charge in [-0.1, -0.05) is 48.5 Å². The van der Waals surface area contributed by atoms with Crippen LogP contribution in [0.4, 0.5) is 0 Å². The van der Waals surface area contributed by atoms with E-state index in [2.05, 4.69) is 10.3 Å². The van der Waals surface area contributed by atoms with Gasteiger partial charge in [-0.3, -0.25) is 4.79 Å². The summed E-state index contributed by atoms with van der Waals surface area (Å²) in [4.78, 5) is 16.5. The summed E-state index contributed by atoms with van der Waals surface area (Å²) >= 11 is 1.56. The molecule has 0 atom stereocenters. The number of rotatable bonds is 8. The minimum Gasteiger partial charge on any atom is -0.494 e. The second-order valence-electron chi connectivity index (χ2n) is 5.53. The normalized spacial score (nSPS) is 10.4. The lowest BCUT2D eigenvalue weighted by molar-refractivity contribution is -0.121. The van der Waals surface area contributed by atoms with Crippen molar-refractivity contribution in [2.75, 3.05) is 6.61 Å². The minimum absolute atomic E-state index is 0.0214. The molecule has 0 saturated heterocycles. The summed E-state index contributed by atoms with van der Waals surface area (Å²) in [5.41, 5.74) is 2.04. The second-order valence-corrected chi connectivity index (χ2v) is 6.48. The van der Waals surface area contributed by atoms with Gasteiger partial charge in [-0.05, 0) is 18.6 Å². The fourth-order valence-electron chi connectivity index (χ4n) is 2.34. The number of hydrogen-bond donors (Lipinski definition) is 1. The SMILES string of the molecule is O=C(CCCOc1ccccc1)NCc1nc(-c2ccccc2)cs1. The number of thiazole rings is 1. The van der Waals surface area contributed by atoms with E-state index in [1.54, 1.807) is 11.3 Å². The number of nitrogens with one attached hydrogen (secondary N) is 1. The molecular weight excluding hydrogens is 332 g/mol.